The first kappa shape index (κ1) is 23.9. The molecule has 3 aliphatic heterocycles. The first-order chi connectivity index (χ1) is 16.0. The van der Waals surface area contributed by atoms with E-state index in [0.717, 1.165) is 65.4 Å². The SMILES string of the molecule is COC(=O)CN1CCN(C2OC(=O)N(CCN3CCN(Cc4ccccc4)CC3)C2C)CC1. The number of piperazine rings is 2. The Morgan fingerprint density at radius 1 is 0.939 bits per heavy atom. The number of esters is 1. The molecule has 0 saturated carbocycles. The zero-order valence-corrected chi connectivity index (χ0v) is 19.9. The number of benzene rings is 1. The summed E-state index contributed by atoms with van der Waals surface area (Å²) in [6, 6.07) is 10.6. The second-order valence-electron chi connectivity index (χ2n) is 9.20. The molecule has 4 rings (SSSR count). The van der Waals surface area contributed by atoms with E-state index in [9.17, 15) is 9.59 Å². The van der Waals surface area contributed by atoms with Gasteiger partial charge in [0.1, 0.15) is 0 Å². The zero-order chi connectivity index (χ0) is 23.2. The summed E-state index contributed by atoms with van der Waals surface area (Å²) in [6.07, 6.45) is -0.437. The Hall–Kier alpha value is -2.20. The second kappa shape index (κ2) is 11.3. The molecule has 3 aliphatic rings. The number of carbonyl (C=O) groups is 2. The Labute approximate surface area is 196 Å². The van der Waals surface area contributed by atoms with E-state index in [1.807, 2.05) is 4.90 Å². The molecule has 0 bridgehead atoms. The van der Waals surface area contributed by atoms with E-state index < -0.39 is 0 Å². The average molecular weight is 460 g/mol. The van der Waals surface area contributed by atoms with Crippen LogP contribution in [0.3, 0.4) is 0 Å². The van der Waals surface area contributed by atoms with Gasteiger partial charge in [0.05, 0.1) is 19.7 Å². The van der Waals surface area contributed by atoms with Crippen molar-refractivity contribution < 1.29 is 19.1 Å². The summed E-state index contributed by atoms with van der Waals surface area (Å²) < 4.78 is 10.5. The Bertz CT molecular complexity index is 778. The predicted molar refractivity (Wildman–Crippen MR) is 125 cm³/mol. The van der Waals surface area contributed by atoms with Crippen molar-refractivity contribution in [2.75, 3.05) is 79.1 Å². The summed E-state index contributed by atoms with van der Waals surface area (Å²) in [6.45, 7) is 12.2. The molecule has 0 aliphatic carbocycles. The summed E-state index contributed by atoms with van der Waals surface area (Å²) in [5.74, 6) is -0.212. The molecular weight excluding hydrogens is 422 g/mol. The van der Waals surface area contributed by atoms with Crippen LogP contribution >= 0.6 is 0 Å². The van der Waals surface area contributed by atoms with Gasteiger partial charge < -0.3 is 9.47 Å². The lowest BCUT2D eigenvalue weighted by Crippen LogP contribution is -2.54. The van der Waals surface area contributed by atoms with Gasteiger partial charge in [0.2, 0.25) is 0 Å². The highest BCUT2D eigenvalue weighted by atomic mass is 16.6. The molecule has 0 spiro atoms. The van der Waals surface area contributed by atoms with Gasteiger partial charge in [-0.2, -0.15) is 0 Å². The molecule has 3 saturated heterocycles. The van der Waals surface area contributed by atoms with E-state index in [1.54, 1.807) is 0 Å². The Balaban J connectivity index is 1.18. The molecule has 1 amide bonds. The van der Waals surface area contributed by atoms with Gasteiger partial charge in [-0.15, -0.1) is 0 Å². The highest BCUT2D eigenvalue weighted by molar-refractivity contribution is 5.71. The van der Waals surface area contributed by atoms with Gasteiger partial charge in [0, 0.05) is 72.0 Å². The molecule has 2 unspecified atom stereocenters. The van der Waals surface area contributed by atoms with Crippen molar-refractivity contribution >= 4 is 12.1 Å². The smallest absolute Gasteiger partial charge is 0.411 e. The first-order valence-electron chi connectivity index (χ1n) is 12.0. The molecule has 2 atom stereocenters. The summed E-state index contributed by atoms with van der Waals surface area (Å²) in [5, 5.41) is 0. The molecule has 0 N–H and O–H groups in total. The molecule has 3 fully saturated rings. The van der Waals surface area contributed by atoms with Crippen LogP contribution in [0.2, 0.25) is 0 Å². The highest BCUT2D eigenvalue weighted by Crippen LogP contribution is 2.23. The van der Waals surface area contributed by atoms with E-state index >= 15 is 0 Å². The quantitative estimate of drug-likeness (QED) is 0.528. The first-order valence-corrected chi connectivity index (χ1v) is 12.0. The zero-order valence-electron chi connectivity index (χ0n) is 19.9. The third-order valence-electron chi connectivity index (χ3n) is 7.08. The Morgan fingerprint density at radius 3 is 2.24 bits per heavy atom. The van der Waals surface area contributed by atoms with Crippen LogP contribution in [-0.2, 0) is 20.8 Å². The lowest BCUT2D eigenvalue weighted by Gasteiger charge is -2.38. The molecule has 0 radical (unpaired) electrons. The maximum Gasteiger partial charge on any atom is 0.411 e. The number of carbonyl (C=O) groups excluding carboxylic acids is 2. The van der Waals surface area contributed by atoms with E-state index in [1.165, 1.54) is 12.7 Å². The van der Waals surface area contributed by atoms with Crippen LogP contribution in [-0.4, -0.2) is 128 Å². The summed E-state index contributed by atoms with van der Waals surface area (Å²) >= 11 is 0. The van der Waals surface area contributed by atoms with Gasteiger partial charge in [-0.25, -0.2) is 4.79 Å². The number of nitrogens with zero attached hydrogens (tertiary/aromatic N) is 5. The molecule has 33 heavy (non-hydrogen) atoms. The van der Waals surface area contributed by atoms with Crippen LogP contribution in [0.15, 0.2) is 30.3 Å². The van der Waals surface area contributed by atoms with Crippen molar-refractivity contribution in [1.29, 1.82) is 0 Å². The van der Waals surface area contributed by atoms with E-state index in [0.29, 0.717) is 13.1 Å². The molecule has 0 aromatic heterocycles. The average Bonchev–Trinajstić information content (AvgIpc) is 3.13. The minimum Gasteiger partial charge on any atom is -0.468 e. The van der Waals surface area contributed by atoms with Crippen LogP contribution < -0.4 is 0 Å². The van der Waals surface area contributed by atoms with Gasteiger partial charge in [0.15, 0.2) is 6.23 Å². The number of hydrogen-bond acceptors (Lipinski definition) is 8. The topological polar surface area (TPSA) is 68.8 Å². The molecular formula is C24H37N5O4. The van der Waals surface area contributed by atoms with E-state index in [4.69, 9.17) is 9.47 Å². The molecule has 9 heteroatoms. The third kappa shape index (κ3) is 6.23. The van der Waals surface area contributed by atoms with Crippen LogP contribution in [0.25, 0.3) is 0 Å². The lowest BCUT2D eigenvalue weighted by atomic mass is 10.2. The Morgan fingerprint density at radius 2 is 1.58 bits per heavy atom. The fraction of sp³-hybridized carbons (Fsp3) is 0.667. The number of hydrogen-bond donors (Lipinski definition) is 0. The number of ether oxygens (including phenoxy) is 2. The van der Waals surface area contributed by atoms with E-state index in [2.05, 4.69) is 56.9 Å². The van der Waals surface area contributed by atoms with Crippen molar-refractivity contribution in [1.82, 2.24) is 24.5 Å². The van der Waals surface area contributed by atoms with E-state index in [-0.39, 0.29) is 24.3 Å². The van der Waals surface area contributed by atoms with Gasteiger partial charge in [-0.1, -0.05) is 30.3 Å². The predicted octanol–water partition coefficient (Wildman–Crippen LogP) is 0.762. The molecule has 182 valence electrons. The maximum atomic E-state index is 12.6. The highest BCUT2D eigenvalue weighted by Gasteiger charge is 2.42. The number of rotatable bonds is 8. The fourth-order valence-electron chi connectivity index (χ4n) is 4.95. The summed E-state index contributed by atoms with van der Waals surface area (Å²) in [5.41, 5.74) is 1.36. The maximum absolute atomic E-state index is 12.6. The Kier molecular flexibility index (Phi) is 8.19. The lowest BCUT2D eigenvalue weighted by molar-refractivity contribution is -0.142. The number of cyclic esters (lactones) is 1. The third-order valence-corrected chi connectivity index (χ3v) is 7.08. The molecule has 3 heterocycles. The van der Waals surface area contributed by atoms with Gasteiger partial charge in [-0.05, 0) is 12.5 Å². The number of amides is 1. The van der Waals surface area contributed by atoms with Crippen molar-refractivity contribution in [2.45, 2.75) is 25.7 Å². The van der Waals surface area contributed by atoms with Crippen molar-refractivity contribution in [2.24, 2.45) is 0 Å². The normalized spacial score (nSPS) is 25.9. The summed E-state index contributed by atoms with van der Waals surface area (Å²) in [7, 11) is 1.41. The van der Waals surface area contributed by atoms with Crippen LogP contribution in [0.1, 0.15) is 12.5 Å². The summed E-state index contributed by atoms with van der Waals surface area (Å²) in [4.78, 5) is 35.2. The monoisotopic (exact) mass is 459 g/mol. The fourth-order valence-corrected chi connectivity index (χ4v) is 4.95. The standard InChI is InChI=1S/C24H37N5O4/c1-20-23(28-15-12-27(13-16-28)19-22(30)32-2)33-24(31)29(20)17-14-25-8-10-26(11-9-25)18-21-6-4-3-5-7-21/h3-7,20,23H,8-19H2,1-2H3. The van der Waals surface area contributed by atoms with Crippen molar-refractivity contribution in [3.05, 3.63) is 35.9 Å². The van der Waals surface area contributed by atoms with Crippen molar-refractivity contribution in [3.8, 4) is 0 Å². The minimum atomic E-state index is -0.222. The van der Waals surface area contributed by atoms with Gasteiger partial charge >= 0.3 is 12.1 Å². The second-order valence-corrected chi connectivity index (χ2v) is 9.20. The molecule has 9 nitrogen and oxygen atoms in total. The van der Waals surface area contributed by atoms with Crippen LogP contribution in [0, 0.1) is 0 Å². The van der Waals surface area contributed by atoms with Crippen molar-refractivity contribution in [3.63, 3.8) is 0 Å². The largest absolute Gasteiger partial charge is 0.468 e. The minimum absolute atomic E-state index is 0.0176. The molecule has 1 aromatic rings. The molecule has 1 aromatic carbocycles. The van der Waals surface area contributed by atoms with Gasteiger partial charge in [0.25, 0.3) is 0 Å². The van der Waals surface area contributed by atoms with Gasteiger partial charge in [-0.3, -0.25) is 29.3 Å². The van der Waals surface area contributed by atoms with Crippen LogP contribution in [0.5, 0.6) is 0 Å². The van der Waals surface area contributed by atoms with Crippen LogP contribution in [0.4, 0.5) is 4.79 Å². The number of methoxy groups -OCH3 is 1.